The van der Waals surface area contributed by atoms with E-state index in [-0.39, 0.29) is 0 Å². The zero-order valence-electron chi connectivity index (χ0n) is 11.8. The fourth-order valence-corrected chi connectivity index (χ4v) is 2.64. The molecular weight excluding hydrogens is 334 g/mol. The molecule has 3 heteroatoms. The number of rotatable bonds is 5. The standard InChI is InChI=1S/C17H19BrClN/c1-3-17(14-7-4-12(2)5-8-14)20-11-13-6-9-15(18)16(19)10-13/h4-10,17,20H,3,11H2,1-2H3. The molecule has 2 rings (SSSR count). The zero-order chi connectivity index (χ0) is 14.5. The summed E-state index contributed by atoms with van der Waals surface area (Å²) in [7, 11) is 0. The highest BCUT2D eigenvalue weighted by Gasteiger charge is 2.08. The van der Waals surface area contributed by atoms with Crippen LogP contribution in [0.3, 0.4) is 0 Å². The van der Waals surface area contributed by atoms with E-state index in [9.17, 15) is 0 Å². The lowest BCUT2D eigenvalue weighted by Crippen LogP contribution is -2.20. The largest absolute Gasteiger partial charge is 0.306 e. The number of hydrogen-bond acceptors (Lipinski definition) is 1. The lowest BCUT2D eigenvalue weighted by atomic mass is 10.0. The van der Waals surface area contributed by atoms with E-state index < -0.39 is 0 Å². The van der Waals surface area contributed by atoms with Gasteiger partial charge in [-0.1, -0.05) is 54.4 Å². The van der Waals surface area contributed by atoms with Crippen LogP contribution in [0, 0.1) is 6.92 Å². The van der Waals surface area contributed by atoms with E-state index in [2.05, 4.69) is 65.4 Å². The van der Waals surface area contributed by atoms with Gasteiger partial charge in [-0.05, 0) is 52.5 Å². The van der Waals surface area contributed by atoms with Crippen LogP contribution in [-0.4, -0.2) is 0 Å². The maximum absolute atomic E-state index is 6.12. The predicted molar refractivity (Wildman–Crippen MR) is 90.2 cm³/mol. The lowest BCUT2D eigenvalue weighted by Gasteiger charge is -2.18. The molecule has 0 saturated carbocycles. The van der Waals surface area contributed by atoms with Crippen LogP contribution < -0.4 is 5.32 Å². The number of halogens is 2. The van der Waals surface area contributed by atoms with Gasteiger partial charge < -0.3 is 5.32 Å². The first kappa shape index (κ1) is 15.6. The Morgan fingerprint density at radius 3 is 2.45 bits per heavy atom. The summed E-state index contributed by atoms with van der Waals surface area (Å²) in [5, 5.41) is 4.35. The Bertz CT molecular complexity index is 566. The van der Waals surface area contributed by atoms with Crippen LogP contribution in [0.25, 0.3) is 0 Å². The van der Waals surface area contributed by atoms with E-state index in [1.807, 2.05) is 12.1 Å². The van der Waals surface area contributed by atoms with Crippen LogP contribution >= 0.6 is 27.5 Å². The van der Waals surface area contributed by atoms with Gasteiger partial charge in [-0.3, -0.25) is 0 Å². The van der Waals surface area contributed by atoms with Gasteiger partial charge in [0, 0.05) is 17.1 Å². The Hall–Kier alpha value is -0.830. The summed E-state index contributed by atoms with van der Waals surface area (Å²) in [6.45, 7) is 5.13. The molecular formula is C17H19BrClN. The monoisotopic (exact) mass is 351 g/mol. The minimum Gasteiger partial charge on any atom is -0.306 e. The number of aryl methyl sites for hydroxylation is 1. The molecule has 0 heterocycles. The van der Waals surface area contributed by atoms with Crippen molar-refractivity contribution in [1.82, 2.24) is 5.32 Å². The first-order valence-corrected chi connectivity index (χ1v) is 8.01. The van der Waals surface area contributed by atoms with Gasteiger partial charge in [-0.15, -0.1) is 0 Å². The summed E-state index contributed by atoms with van der Waals surface area (Å²) in [5.41, 5.74) is 3.83. The van der Waals surface area contributed by atoms with Crippen molar-refractivity contribution in [1.29, 1.82) is 0 Å². The van der Waals surface area contributed by atoms with E-state index in [0.717, 1.165) is 22.5 Å². The van der Waals surface area contributed by atoms with Crippen LogP contribution in [0.5, 0.6) is 0 Å². The molecule has 1 atom stereocenters. The molecule has 0 bridgehead atoms. The van der Waals surface area contributed by atoms with E-state index in [0.29, 0.717) is 6.04 Å². The van der Waals surface area contributed by atoms with Crippen molar-refractivity contribution in [2.75, 3.05) is 0 Å². The number of hydrogen-bond donors (Lipinski definition) is 1. The molecule has 0 aromatic heterocycles. The molecule has 0 amide bonds. The van der Waals surface area contributed by atoms with Crippen LogP contribution in [0.15, 0.2) is 46.9 Å². The smallest absolute Gasteiger partial charge is 0.0551 e. The minimum atomic E-state index is 0.373. The second-order valence-electron chi connectivity index (χ2n) is 5.00. The van der Waals surface area contributed by atoms with E-state index in [4.69, 9.17) is 11.6 Å². The first-order valence-electron chi connectivity index (χ1n) is 6.84. The second-order valence-corrected chi connectivity index (χ2v) is 6.26. The Labute approximate surface area is 134 Å². The Morgan fingerprint density at radius 2 is 1.85 bits per heavy atom. The minimum absolute atomic E-state index is 0.373. The average Bonchev–Trinajstić information content (AvgIpc) is 2.45. The van der Waals surface area contributed by atoms with Crippen LogP contribution in [0.4, 0.5) is 0 Å². The van der Waals surface area contributed by atoms with Gasteiger partial charge in [-0.2, -0.15) is 0 Å². The van der Waals surface area contributed by atoms with Gasteiger partial charge in [0.15, 0.2) is 0 Å². The molecule has 20 heavy (non-hydrogen) atoms. The van der Waals surface area contributed by atoms with Crippen LogP contribution in [0.1, 0.15) is 36.1 Å². The molecule has 1 unspecified atom stereocenters. The summed E-state index contributed by atoms with van der Waals surface area (Å²) < 4.78 is 0.938. The summed E-state index contributed by atoms with van der Waals surface area (Å²) in [5.74, 6) is 0. The van der Waals surface area contributed by atoms with Crippen molar-refractivity contribution in [2.45, 2.75) is 32.9 Å². The van der Waals surface area contributed by atoms with E-state index in [1.165, 1.54) is 16.7 Å². The highest BCUT2D eigenvalue weighted by Crippen LogP contribution is 2.24. The molecule has 0 spiro atoms. The molecule has 0 saturated heterocycles. The van der Waals surface area contributed by atoms with Crippen molar-refractivity contribution in [3.63, 3.8) is 0 Å². The SMILES string of the molecule is CCC(NCc1ccc(Br)c(Cl)c1)c1ccc(C)cc1. The van der Waals surface area contributed by atoms with Gasteiger partial charge in [0.25, 0.3) is 0 Å². The molecule has 1 nitrogen and oxygen atoms in total. The van der Waals surface area contributed by atoms with E-state index >= 15 is 0 Å². The number of benzene rings is 2. The summed E-state index contributed by atoms with van der Waals surface area (Å²) in [6, 6.07) is 15.2. The van der Waals surface area contributed by atoms with Gasteiger partial charge >= 0.3 is 0 Å². The predicted octanol–water partition coefficient (Wildman–Crippen LogP) is 5.65. The third-order valence-corrected chi connectivity index (χ3v) is 4.66. The second kappa shape index (κ2) is 7.26. The van der Waals surface area contributed by atoms with Crippen molar-refractivity contribution < 1.29 is 0 Å². The summed E-state index contributed by atoms with van der Waals surface area (Å²) in [6.07, 6.45) is 1.06. The molecule has 0 aliphatic rings. The molecule has 2 aromatic rings. The molecule has 2 aromatic carbocycles. The van der Waals surface area contributed by atoms with Gasteiger partial charge in [0.1, 0.15) is 0 Å². The van der Waals surface area contributed by atoms with Crippen LogP contribution in [-0.2, 0) is 6.54 Å². The highest BCUT2D eigenvalue weighted by molar-refractivity contribution is 9.10. The molecule has 106 valence electrons. The zero-order valence-corrected chi connectivity index (χ0v) is 14.1. The van der Waals surface area contributed by atoms with Crippen LogP contribution in [0.2, 0.25) is 5.02 Å². The molecule has 0 radical (unpaired) electrons. The highest BCUT2D eigenvalue weighted by atomic mass is 79.9. The van der Waals surface area contributed by atoms with Gasteiger partial charge in [0.05, 0.1) is 5.02 Å². The third kappa shape index (κ3) is 4.08. The van der Waals surface area contributed by atoms with Gasteiger partial charge in [-0.25, -0.2) is 0 Å². The Kier molecular flexibility index (Phi) is 5.64. The normalized spacial score (nSPS) is 12.4. The van der Waals surface area contributed by atoms with Crippen molar-refractivity contribution in [3.05, 3.63) is 68.7 Å². The van der Waals surface area contributed by atoms with Crippen molar-refractivity contribution >= 4 is 27.5 Å². The molecule has 1 N–H and O–H groups in total. The molecule has 0 aliphatic carbocycles. The first-order chi connectivity index (χ1) is 9.60. The maximum Gasteiger partial charge on any atom is 0.0551 e. The topological polar surface area (TPSA) is 12.0 Å². The number of nitrogens with one attached hydrogen (secondary N) is 1. The summed E-state index contributed by atoms with van der Waals surface area (Å²) in [4.78, 5) is 0. The fourth-order valence-electron chi connectivity index (χ4n) is 2.19. The van der Waals surface area contributed by atoms with Gasteiger partial charge in [0.2, 0.25) is 0 Å². The molecule has 0 fully saturated rings. The third-order valence-electron chi connectivity index (χ3n) is 3.42. The van der Waals surface area contributed by atoms with Crippen molar-refractivity contribution in [3.8, 4) is 0 Å². The molecule has 0 aliphatic heterocycles. The fraction of sp³-hybridized carbons (Fsp3) is 0.294. The maximum atomic E-state index is 6.12. The Balaban J connectivity index is 2.03. The quantitative estimate of drug-likeness (QED) is 0.733. The lowest BCUT2D eigenvalue weighted by molar-refractivity contribution is 0.519. The summed E-state index contributed by atoms with van der Waals surface area (Å²) >= 11 is 9.54. The Morgan fingerprint density at radius 1 is 1.15 bits per heavy atom. The average molecular weight is 353 g/mol. The van der Waals surface area contributed by atoms with Crippen molar-refractivity contribution in [2.24, 2.45) is 0 Å². The van der Waals surface area contributed by atoms with E-state index in [1.54, 1.807) is 0 Å².